The van der Waals surface area contributed by atoms with Gasteiger partial charge in [0.25, 0.3) is 0 Å². The fourth-order valence-corrected chi connectivity index (χ4v) is 3.23. The number of ether oxygens (including phenoxy) is 2. The molecule has 1 aliphatic heterocycles. The number of benzene rings is 1. The van der Waals surface area contributed by atoms with Gasteiger partial charge < -0.3 is 14.4 Å². The number of carbonyl (C=O) groups is 1. The molecule has 7 heteroatoms. The van der Waals surface area contributed by atoms with Crippen molar-refractivity contribution < 1.29 is 14.3 Å². The largest absolute Gasteiger partial charge is 0.461 e. The highest BCUT2D eigenvalue weighted by atomic mass is 16.5. The van der Waals surface area contributed by atoms with E-state index in [1.165, 1.54) is 6.92 Å². The third-order valence-electron chi connectivity index (χ3n) is 4.52. The average Bonchev–Trinajstić information content (AvgIpc) is 3.06. The molecule has 0 atom stereocenters. The van der Waals surface area contributed by atoms with Crippen molar-refractivity contribution in [1.82, 2.24) is 14.6 Å². The molecule has 1 aliphatic rings. The van der Waals surface area contributed by atoms with E-state index in [4.69, 9.17) is 19.6 Å². The summed E-state index contributed by atoms with van der Waals surface area (Å²) in [6, 6.07) is 9.89. The van der Waals surface area contributed by atoms with Crippen molar-refractivity contribution in [3.8, 4) is 11.4 Å². The van der Waals surface area contributed by atoms with Crippen LogP contribution in [-0.2, 0) is 20.9 Å². The number of fused-ring (bicyclic) bond motifs is 1. The topological polar surface area (TPSA) is 69.0 Å². The Morgan fingerprint density at radius 1 is 1.26 bits per heavy atom. The smallest absolute Gasteiger partial charge is 0.302 e. The van der Waals surface area contributed by atoms with Gasteiger partial charge in [-0.2, -0.15) is 0 Å². The van der Waals surface area contributed by atoms with Crippen LogP contribution in [-0.4, -0.2) is 46.9 Å². The van der Waals surface area contributed by atoms with Crippen molar-refractivity contribution >= 4 is 17.3 Å². The minimum Gasteiger partial charge on any atom is -0.461 e. The fraction of sp³-hybridized carbons (Fsp3) is 0.350. The monoisotopic (exact) mass is 366 g/mol. The number of nitrogens with zero attached hydrogens (tertiary/aromatic N) is 4. The second-order valence-electron chi connectivity index (χ2n) is 6.69. The Bertz CT molecular complexity index is 977. The highest BCUT2D eigenvalue weighted by Gasteiger charge is 2.19. The van der Waals surface area contributed by atoms with E-state index in [2.05, 4.69) is 17.9 Å². The second kappa shape index (κ2) is 7.36. The number of aryl methyl sites for hydroxylation is 1. The summed E-state index contributed by atoms with van der Waals surface area (Å²) >= 11 is 0. The van der Waals surface area contributed by atoms with Crippen LogP contribution in [0, 0.1) is 6.92 Å². The van der Waals surface area contributed by atoms with Crippen molar-refractivity contribution in [3.05, 3.63) is 47.7 Å². The zero-order chi connectivity index (χ0) is 18.8. The van der Waals surface area contributed by atoms with Gasteiger partial charge in [0.2, 0.25) is 0 Å². The van der Waals surface area contributed by atoms with Crippen LogP contribution < -0.4 is 4.90 Å². The predicted molar refractivity (Wildman–Crippen MR) is 102 cm³/mol. The first kappa shape index (κ1) is 17.5. The van der Waals surface area contributed by atoms with Crippen LogP contribution in [0.5, 0.6) is 0 Å². The second-order valence-corrected chi connectivity index (χ2v) is 6.69. The molecule has 2 aromatic heterocycles. The molecule has 0 N–H and O–H groups in total. The van der Waals surface area contributed by atoms with Gasteiger partial charge in [-0.1, -0.05) is 18.2 Å². The summed E-state index contributed by atoms with van der Waals surface area (Å²) in [5.74, 6) is 1.27. The third-order valence-corrected chi connectivity index (χ3v) is 4.52. The molecule has 3 heterocycles. The molecule has 7 nitrogen and oxygen atoms in total. The van der Waals surface area contributed by atoms with E-state index in [1.807, 2.05) is 35.0 Å². The molecule has 3 aromatic rings. The Labute approximate surface area is 157 Å². The minimum absolute atomic E-state index is 0.240. The summed E-state index contributed by atoms with van der Waals surface area (Å²) in [5.41, 5.74) is 3.93. The Balaban J connectivity index is 1.75. The quantitative estimate of drug-likeness (QED) is 0.661. The van der Waals surface area contributed by atoms with Crippen LogP contribution in [0.2, 0.25) is 0 Å². The molecule has 140 valence electrons. The van der Waals surface area contributed by atoms with Crippen LogP contribution in [0.1, 0.15) is 18.1 Å². The Kier molecular flexibility index (Phi) is 4.77. The van der Waals surface area contributed by atoms with Gasteiger partial charge >= 0.3 is 5.97 Å². The maximum Gasteiger partial charge on any atom is 0.302 e. The lowest BCUT2D eigenvalue weighted by Gasteiger charge is -2.28. The van der Waals surface area contributed by atoms with Crippen LogP contribution in [0.25, 0.3) is 16.9 Å². The highest BCUT2D eigenvalue weighted by molar-refractivity contribution is 5.73. The molecule has 0 amide bonds. The molecule has 0 bridgehead atoms. The Hall–Kier alpha value is -2.93. The van der Waals surface area contributed by atoms with Gasteiger partial charge in [0, 0.05) is 31.8 Å². The molecular formula is C20H22N4O3. The number of anilines is 1. The molecule has 0 radical (unpaired) electrons. The zero-order valence-electron chi connectivity index (χ0n) is 15.5. The number of aromatic nitrogens is 3. The number of rotatable bonds is 4. The molecule has 0 unspecified atom stereocenters. The van der Waals surface area contributed by atoms with E-state index in [0.717, 1.165) is 41.1 Å². The van der Waals surface area contributed by atoms with Crippen molar-refractivity contribution in [1.29, 1.82) is 0 Å². The molecule has 0 saturated carbocycles. The predicted octanol–water partition coefficient (Wildman–Crippen LogP) is 2.60. The lowest BCUT2D eigenvalue weighted by atomic mass is 10.1. The van der Waals surface area contributed by atoms with Gasteiger partial charge in [0.15, 0.2) is 11.6 Å². The summed E-state index contributed by atoms with van der Waals surface area (Å²) in [4.78, 5) is 18.2. The number of hydrogen-bond donors (Lipinski definition) is 0. The molecule has 1 fully saturated rings. The summed E-state index contributed by atoms with van der Waals surface area (Å²) in [6.45, 7) is 6.71. The normalized spacial score (nSPS) is 14.5. The number of morpholine rings is 1. The maximum absolute atomic E-state index is 11.1. The third kappa shape index (κ3) is 3.78. The van der Waals surface area contributed by atoms with E-state index in [-0.39, 0.29) is 12.6 Å². The fourth-order valence-electron chi connectivity index (χ4n) is 3.23. The molecule has 1 saturated heterocycles. The van der Waals surface area contributed by atoms with Gasteiger partial charge in [-0.25, -0.2) is 9.50 Å². The number of esters is 1. The van der Waals surface area contributed by atoms with Gasteiger partial charge in [-0.05, 0) is 30.2 Å². The summed E-state index contributed by atoms with van der Waals surface area (Å²) in [5, 5.41) is 4.70. The van der Waals surface area contributed by atoms with Crippen molar-refractivity contribution in [3.63, 3.8) is 0 Å². The summed E-state index contributed by atoms with van der Waals surface area (Å²) < 4.78 is 12.5. The van der Waals surface area contributed by atoms with E-state index >= 15 is 0 Å². The summed E-state index contributed by atoms with van der Waals surface area (Å²) in [7, 11) is 0. The lowest BCUT2D eigenvalue weighted by Crippen LogP contribution is -2.37. The number of hydrogen-bond acceptors (Lipinski definition) is 6. The van der Waals surface area contributed by atoms with E-state index < -0.39 is 0 Å². The molecule has 0 spiro atoms. The van der Waals surface area contributed by atoms with E-state index in [0.29, 0.717) is 19.0 Å². The van der Waals surface area contributed by atoms with Crippen LogP contribution in [0.4, 0.5) is 5.82 Å². The van der Waals surface area contributed by atoms with Crippen molar-refractivity contribution in [2.75, 3.05) is 31.2 Å². The van der Waals surface area contributed by atoms with Gasteiger partial charge in [0.1, 0.15) is 12.1 Å². The first-order chi connectivity index (χ1) is 13.1. The SMILES string of the molecule is CC(=O)OCc1cccc(-c2nc(N3CCOCC3)c3cc(C)cn3n2)c1. The Morgan fingerprint density at radius 2 is 2.07 bits per heavy atom. The first-order valence-electron chi connectivity index (χ1n) is 9.02. The minimum atomic E-state index is -0.296. The van der Waals surface area contributed by atoms with E-state index in [9.17, 15) is 4.79 Å². The van der Waals surface area contributed by atoms with Crippen LogP contribution in [0.15, 0.2) is 36.5 Å². The molecule has 0 aliphatic carbocycles. The standard InChI is InChI=1S/C20H22N4O3/c1-14-10-18-20(23-6-8-26-9-7-23)21-19(22-24(18)12-14)17-5-3-4-16(11-17)13-27-15(2)25/h3-5,10-12H,6-9,13H2,1-2H3. The highest BCUT2D eigenvalue weighted by Crippen LogP contribution is 2.26. The first-order valence-corrected chi connectivity index (χ1v) is 9.02. The summed E-state index contributed by atoms with van der Waals surface area (Å²) in [6.07, 6.45) is 2.01. The molecule has 4 rings (SSSR count). The molecule has 1 aromatic carbocycles. The molecule has 27 heavy (non-hydrogen) atoms. The van der Waals surface area contributed by atoms with Crippen molar-refractivity contribution in [2.45, 2.75) is 20.5 Å². The van der Waals surface area contributed by atoms with Gasteiger partial charge in [-0.15, -0.1) is 5.10 Å². The van der Waals surface area contributed by atoms with Gasteiger partial charge in [0.05, 0.1) is 13.2 Å². The average molecular weight is 366 g/mol. The van der Waals surface area contributed by atoms with E-state index in [1.54, 1.807) is 0 Å². The van der Waals surface area contributed by atoms with Crippen LogP contribution in [0.3, 0.4) is 0 Å². The van der Waals surface area contributed by atoms with Gasteiger partial charge in [-0.3, -0.25) is 4.79 Å². The zero-order valence-corrected chi connectivity index (χ0v) is 15.5. The Morgan fingerprint density at radius 3 is 2.85 bits per heavy atom. The number of carbonyl (C=O) groups excluding carboxylic acids is 1. The van der Waals surface area contributed by atoms with Crippen molar-refractivity contribution in [2.24, 2.45) is 0 Å². The lowest BCUT2D eigenvalue weighted by molar-refractivity contribution is -0.142. The maximum atomic E-state index is 11.1. The van der Waals surface area contributed by atoms with Crippen LogP contribution >= 0.6 is 0 Å². The molecular weight excluding hydrogens is 344 g/mol.